The molecule has 1 atom stereocenters. The number of nitrogens with two attached hydrogens (primary N) is 1. The van der Waals surface area contributed by atoms with E-state index < -0.39 is 0 Å². The molecule has 0 aliphatic carbocycles. The third kappa shape index (κ3) is 4.86. The Hall–Kier alpha value is -1.88. The van der Waals surface area contributed by atoms with Crippen LogP contribution in [0.4, 0.5) is 0 Å². The number of nitrogens with zero attached hydrogens (tertiary/aromatic N) is 1. The largest absolute Gasteiger partial charge is 0.370 e. The quantitative estimate of drug-likeness (QED) is 0.821. The summed E-state index contributed by atoms with van der Waals surface area (Å²) in [5.41, 5.74) is 6.28. The van der Waals surface area contributed by atoms with Gasteiger partial charge in [-0.15, -0.1) is 0 Å². The van der Waals surface area contributed by atoms with E-state index in [1.807, 2.05) is 30.3 Å². The van der Waals surface area contributed by atoms with Crippen LogP contribution < -0.4 is 11.1 Å². The fourth-order valence-corrected chi connectivity index (χ4v) is 2.60. The van der Waals surface area contributed by atoms with Crippen molar-refractivity contribution in [2.45, 2.75) is 38.3 Å². The highest BCUT2D eigenvalue weighted by Gasteiger charge is 2.25. The van der Waals surface area contributed by atoms with Gasteiger partial charge in [-0.2, -0.15) is 0 Å². The lowest BCUT2D eigenvalue weighted by atomic mass is 10.0. The molecule has 1 saturated heterocycles. The maximum absolute atomic E-state index is 12.6. The van der Waals surface area contributed by atoms with Crippen LogP contribution in [0.15, 0.2) is 30.3 Å². The van der Waals surface area contributed by atoms with Crippen molar-refractivity contribution >= 4 is 11.8 Å². The first kappa shape index (κ1) is 15.5. The highest BCUT2D eigenvalue weighted by atomic mass is 16.2. The molecule has 1 aliphatic rings. The van der Waals surface area contributed by atoms with Crippen LogP contribution in [0.3, 0.4) is 0 Å². The van der Waals surface area contributed by atoms with Gasteiger partial charge in [0.15, 0.2) is 0 Å². The van der Waals surface area contributed by atoms with Crippen molar-refractivity contribution in [3.63, 3.8) is 0 Å². The van der Waals surface area contributed by atoms with Gasteiger partial charge in [0.05, 0.1) is 6.04 Å². The van der Waals surface area contributed by atoms with Crippen LogP contribution in [-0.4, -0.2) is 35.8 Å². The van der Waals surface area contributed by atoms with E-state index in [1.54, 1.807) is 4.90 Å². The average Bonchev–Trinajstić information content (AvgIpc) is 2.52. The van der Waals surface area contributed by atoms with E-state index in [0.29, 0.717) is 13.1 Å². The molecule has 1 aromatic rings. The van der Waals surface area contributed by atoms with Gasteiger partial charge in [-0.05, 0) is 24.9 Å². The van der Waals surface area contributed by atoms with Crippen LogP contribution in [-0.2, 0) is 16.1 Å². The van der Waals surface area contributed by atoms with Crippen molar-refractivity contribution in [1.29, 1.82) is 0 Å². The molecule has 0 unspecified atom stereocenters. The summed E-state index contributed by atoms with van der Waals surface area (Å²) in [7, 11) is 0. The Balaban J connectivity index is 2.03. The standard InChI is InChI=1S/C16H23N3O2/c17-15(20)9-11-19(12-13-6-2-1-3-7-13)16(21)14-8-4-5-10-18-14/h1-3,6-7,14,18H,4-5,8-12H2,(H2,17,20)/t14-/m0/s1. The number of amides is 2. The topological polar surface area (TPSA) is 75.4 Å². The number of hydrogen-bond acceptors (Lipinski definition) is 3. The molecule has 0 bridgehead atoms. The zero-order valence-corrected chi connectivity index (χ0v) is 12.3. The lowest BCUT2D eigenvalue weighted by Crippen LogP contribution is -2.48. The molecular weight excluding hydrogens is 266 g/mol. The summed E-state index contributed by atoms with van der Waals surface area (Å²) < 4.78 is 0. The third-order valence-electron chi connectivity index (χ3n) is 3.76. The molecule has 1 fully saturated rings. The number of carbonyl (C=O) groups excluding carboxylic acids is 2. The van der Waals surface area contributed by atoms with E-state index in [-0.39, 0.29) is 24.3 Å². The maximum Gasteiger partial charge on any atom is 0.240 e. The summed E-state index contributed by atoms with van der Waals surface area (Å²) in [4.78, 5) is 25.4. The van der Waals surface area contributed by atoms with Crippen LogP contribution in [0.1, 0.15) is 31.2 Å². The van der Waals surface area contributed by atoms with Crippen LogP contribution >= 0.6 is 0 Å². The van der Waals surface area contributed by atoms with Crippen molar-refractivity contribution < 1.29 is 9.59 Å². The van der Waals surface area contributed by atoms with E-state index in [2.05, 4.69) is 5.32 Å². The number of piperidine rings is 1. The maximum atomic E-state index is 12.6. The highest BCUT2D eigenvalue weighted by molar-refractivity contribution is 5.82. The van der Waals surface area contributed by atoms with E-state index in [1.165, 1.54) is 0 Å². The lowest BCUT2D eigenvalue weighted by molar-refractivity contribution is -0.135. The first-order chi connectivity index (χ1) is 10.2. The van der Waals surface area contributed by atoms with E-state index in [9.17, 15) is 9.59 Å². The van der Waals surface area contributed by atoms with Gasteiger partial charge < -0.3 is 16.0 Å². The Morgan fingerprint density at radius 2 is 2.00 bits per heavy atom. The number of rotatable bonds is 6. The lowest BCUT2D eigenvalue weighted by Gasteiger charge is -2.30. The predicted molar refractivity (Wildman–Crippen MR) is 81.3 cm³/mol. The Morgan fingerprint density at radius 3 is 2.62 bits per heavy atom. The highest BCUT2D eigenvalue weighted by Crippen LogP contribution is 2.13. The number of carbonyl (C=O) groups is 2. The Kier molecular flexibility index (Phi) is 5.75. The molecular formula is C16H23N3O2. The molecule has 5 nitrogen and oxygen atoms in total. The smallest absolute Gasteiger partial charge is 0.240 e. The minimum atomic E-state index is -0.377. The summed E-state index contributed by atoms with van der Waals surface area (Å²) in [5, 5.41) is 3.27. The summed E-state index contributed by atoms with van der Waals surface area (Å²) >= 11 is 0. The third-order valence-corrected chi connectivity index (χ3v) is 3.76. The molecule has 0 spiro atoms. The molecule has 5 heteroatoms. The van der Waals surface area contributed by atoms with Gasteiger partial charge >= 0.3 is 0 Å². The molecule has 0 saturated carbocycles. The second kappa shape index (κ2) is 7.78. The summed E-state index contributed by atoms with van der Waals surface area (Å²) in [6.07, 6.45) is 3.24. The van der Waals surface area contributed by atoms with E-state index >= 15 is 0 Å². The van der Waals surface area contributed by atoms with Gasteiger partial charge in [-0.25, -0.2) is 0 Å². The van der Waals surface area contributed by atoms with Crippen LogP contribution in [0.5, 0.6) is 0 Å². The number of primary amides is 1. The zero-order valence-electron chi connectivity index (χ0n) is 12.3. The Morgan fingerprint density at radius 1 is 1.24 bits per heavy atom. The van der Waals surface area contributed by atoms with Crippen molar-refractivity contribution in [3.8, 4) is 0 Å². The molecule has 1 aromatic carbocycles. The monoisotopic (exact) mass is 289 g/mol. The minimum absolute atomic E-state index is 0.0693. The van der Waals surface area contributed by atoms with Crippen molar-refractivity contribution in [1.82, 2.24) is 10.2 Å². The SMILES string of the molecule is NC(=O)CCN(Cc1ccccc1)C(=O)[C@@H]1CCCCN1. The second-order valence-electron chi connectivity index (χ2n) is 5.46. The van der Waals surface area contributed by atoms with E-state index in [0.717, 1.165) is 31.4 Å². The van der Waals surface area contributed by atoms with Crippen molar-refractivity contribution in [2.24, 2.45) is 5.73 Å². The molecule has 21 heavy (non-hydrogen) atoms. The fourth-order valence-electron chi connectivity index (χ4n) is 2.60. The Labute approximate surface area is 125 Å². The molecule has 3 N–H and O–H groups in total. The minimum Gasteiger partial charge on any atom is -0.370 e. The molecule has 1 aliphatic heterocycles. The first-order valence-electron chi connectivity index (χ1n) is 7.51. The zero-order chi connectivity index (χ0) is 15.1. The van der Waals surface area contributed by atoms with Gasteiger partial charge in [0.25, 0.3) is 0 Å². The van der Waals surface area contributed by atoms with Gasteiger partial charge in [0.1, 0.15) is 0 Å². The molecule has 0 radical (unpaired) electrons. The number of nitrogens with one attached hydrogen (secondary N) is 1. The van der Waals surface area contributed by atoms with Crippen LogP contribution in [0.2, 0.25) is 0 Å². The number of benzene rings is 1. The van der Waals surface area contributed by atoms with E-state index in [4.69, 9.17) is 5.73 Å². The van der Waals surface area contributed by atoms with Crippen molar-refractivity contribution in [2.75, 3.05) is 13.1 Å². The summed E-state index contributed by atoms with van der Waals surface area (Å²) in [6.45, 7) is 1.78. The van der Waals surface area contributed by atoms with Gasteiger partial charge in [-0.1, -0.05) is 36.8 Å². The molecule has 2 amide bonds. The fraction of sp³-hybridized carbons (Fsp3) is 0.500. The van der Waals surface area contributed by atoms with Crippen LogP contribution in [0, 0.1) is 0 Å². The van der Waals surface area contributed by atoms with Crippen molar-refractivity contribution in [3.05, 3.63) is 35.9 Å². The molecule has 0 aromatic heterocycles. The summed E-state index contributed by atoms with van der Waals surface area (Å²) in [5.74, 6) is -0.308. The molecule has 114 valence electrons. The molecule has 2 rings (SSSR count). The second-order valence-corrected chi connectivity index (χ2v) is 5.46. The average molecular weight is 289 g/mol. The van der Waals surface area contributed by atoms with Gasteiger partial charge in [0.2, 0.25) is 11.8 Å². The predicted octanol–water partition coefficient (Wildman–Crippen LogP) is 1.03. The summed E-state index contributed by atoms with van der Waals surface area (Å²) in [6, 6.07) is 9.69. The first-order valence-corrected chi connectivity index (χ1v) is 7.51. The van der Waals surface area contributed by atoms with Gasteiger partial charge in [-0.3, -0.25) is 9.59 Å². The van der Waals surface area contributed by atoms with Gasteiger partial charge in [0, 0.05) is 19.5 Å². The van der Waals surface area contributed by atoms with Crippen LogP contribution in [0.25, 0.3) is 0 Å². The molecule has 1 heterocycles. The Bertz CT molecular complexity index is 470. The normalized spacial score (nSPS) is 18.2. The number of hydrogen-bond donors (Lipinski definition) is 2.